The molecule has 0 unspecified atom stereocenters. The summed E-state index contributed by atoms with van der Waals surface area (Å²) in [5, 5.41) is 2.98. The third-order valence-electron chi connectivity index (χ3n) is 4.79. The van der Waals surface area contributed by atoms with E-state index in [4.69, 9.17) is 9.47 Å². The van der Waals surface area contributed by atoms with Gasteiger partial charge in [-0.15, -0.1) is 0 Å². The normalized spacial score (nSPS) is 14.3. The van der Waals surface area contributed by atoms with Crippen molar-refractivity contribution in [1.82, 2.24) is 4.90 Å². The lowest BCUT2D eigenvalue weighted by atomic mass is 10.1. The molecule has 3 aromatic carbocycles. The third-order valence-corrected chi connectivity index (χ3v) is 4.79. The SMILES string of the molecule is O=C(Nc1cccc(CN2CCOCC2)c1)c1ccc(Oc2ccccc2)cc1. The number of nitrogens with one attached hydrogen (secondary N) is 1. The van der Waals surface area contributed by atoms with Crippen LogP contribution < -0.4 is 10.1 Å². The fourth-order valence-electron chi connectivity index (χ4n) is 3.27. The van der Waals surface area contributed by atoms with Crippen molar-refractivity contribution in [2.24, 2.45) is 0 Å². The number of ether oxygens (including phenoxy) is 2. The minimum absolute atomic E-state index is 0.139. The van der Waals surface area contributed by atoms with Crippen LogP contribution in [0, 0.1) is 0 Å². The molecular formula is C24H24N2O3. The lowest BCUT2D eigenvalue weighted by Gasteiger charge is -2.26. The van der Waals surface area contributed by atoms with Crippen LogP contribution in [0.2, 0.25) is 0 Å². The monoisotopic (exact) mass is 388 g/mol. The van der Waals surface area contributed by atoms with E-state index >= 15 is 0 Å². The number of hydrogen-bond acceptors (Lipinski definition) is 4. The zero-order valence-electron chi connectivity index (χ0n) is 16.2. The maximum Gasteiger partial charge on any atom is 0.255 e. The van der Waals surface area contributed by atoms with E-state index in [-0.39, 0.29) is 5.91 Å². The first-order valence-corrected chi connectivity index (χ1v) is 9.80. The van der Waals surface area contributed by atoms with Crippen LogP contribution in [-0.2, 0) is 11.3 Å². The summed E-state index contributed by atoms with van der Waals surface area (Å²) >= 11 is 0. The van der Waals surface area contributed by atoms with Crippen molar-refractivity contribution in [2.45, 2.75) is 6.54 Å². The number of nitrogens with zero attached hydrogens (tertiary/aromatic N) is 1. The molecule has 1 N–H and O–H groups in total. The maximum absolute atomic E-state index is 12.6. The van der Waals surface area contributed by atoms with Gasteiger partial charge in [0.2, 0.25) is 0 Å². The molecule has 1 heterocycles. The molecule has 0 spiro atoms. The highest BCUT2D eigenvalue weighted by atomic mass is 16.5. The standard InChI is InChI=1S/C24H24N2O3/c27-24(20-9-11-23(12-10-20)29-22-7-2-1-3-8-22)25-21-6-4-5-19(17-21)18-26-13-15-28-16-14-26/h1-12,17H,13-16,18H2,(H,25,27). The summed E-state index contributed by atoms with van der Waals surface area (Å²) in [5.74, 6) is 1.32. The molecule has 5 heteroatoms. The molecule has 0 atom stereocenters. The number of morpholine rings is 1. The Hall–Kier alpha value is -3.15. The molecule has 1 fully saturated rings. The first-order valence-electron chi connectivity index (χ1n) is 9.80. The van der Waals surface area contributed by atoms with Gasteiger partial charge in [0.25, 0.3) is 5.91 Å². The summed E-state index contributed by atoms with van der Waals surface area (Å²) in [4.78, 5) is 15.0. The van der Waals surface area contributed by atoms with Crippen molar-refractivity contribution in [1.29, 1.82) is 0 Å². The molecule has 4 rings (SSSR count). The smallest absolute Gasteiger partial charge is 0.255 e. The Labute approximate surface area is 170 Å². The largest absolute Gasteiger partial charge is 0.457 e. The topological polar surface area (TPSA) is 50.8 Å². The number of carbonyl (C=O) groups is 1. The van der Waals surface area contributed by atoms with Gasteiger partial charge in [-0.25, -0.2) is 0 Å². The van der Waals surface area contributed by atoms with E-state index in [2.05, 4.69) is 16.3 Å². The van der Waals surface area contributed by atoms with Crippen LogP contribution in [0.5, 0.6) is 11.5 Å². The number of amides is 1. The average molecular weight is 388 g/mol. The predicted octanol–water partition coefficient (Wildman–Crippen LogP) is 4.56. The van der Waals surface area contributed by atoms with Crippen LogP contribution in [0.25, 0.3) is 0 Å². The highest BCUT2D eigenvalue weighted by Gasteiger charge is 2.12. The number of carbonyl (C=O) groups excluding carboxylic acids is 1. The minimum Gasteiger partial charge on any atom is -0.457 e. The lowest BCUT2D eigenvalue weighted by Crippen LogP contribution is -2.35. The van der Waals surface area contributed by atoms with Crippen LogP contribution in [0.15, 0.2) is 78.9 Å². The Kier molecular flexibility index (Phi) is 6.19. The molecule has 148 valence electrons. The van der Waals surface area contributed by atoms with Gasteiger partial charge in [0.15, 0.2) is 0 Å². The number of benzene rings is 3. The molecule has 0 bridgehead atoms. The summed E-state index contributed by atoms with van der Waals surface area (Å²) in [7, 11) is 0. The van der Waals surface area contributed by atoms with Crippen molar-refractivity contribution in [3.63, 3.8) is 0 Å². The maximum atomic E-state index is 12.6. The summed E-state index contributed by atoms with van der Waals surface area (Å²) in [6.45, 7) is 4.29. The molecule has 0 saturated carbocycles. The summed E-state index contributed by atoms with van der Waals surface area (Å²) < 4.78 is 11.2. The second kappa shape index (κ2) is 9.37. The predicted molar refractivity (Wildman–Crippen MR) is 113 cm³/mol. The minimum atomic E-state index is -0.139. The Balaban J connectivity index is 1.36. The van der Waals surface area contributed by atoms with Gasteiger partial charge in [-0.05, 0) is 54.1 Å². The van der Waals surface area contributed by atoms with Crippen LogP contribution in [-0.4, -0.2) is 37.1 Å². The third kappa shape index (κ3) is 5.44. The molecule has 1 saturated heterocycles. The zero-order chi connectivity index (χ0) is 19.9. The van der Waals surface area contributed by atoms with E-state index in [0.29, 0.717) is 11.3 Å². The molecule has 0 aromatic heterocycles. The first kappa shape index (κ1) is 19.2. The summed E-state index contributed by atoms with van der Waals surface area (Å²) in [6.07, 6.45) is 0. The molecule has 1 amide bonds. The Morgan fingerprint density at radius 1 is 0.897 bits per heavy atom. The number of para-hydroxylation sites is 1. The highest BCUT2D eigenvalue weighted by molar-refractivity contribution is 6.04. The fraction of sp³-hybridized carbons (Fsp3) is 0.208. The van der Waals surface area contributed by atoms with Gasteiger partial charge >= 0.3 is 0 Å². The van der Waals surface area contributed by atoms with E-state index in [1.54, 1.807) is 24.3 Å². The molecule has 0 radical (unpaired) electrons. The van der Waals surface area contributed by atoms with Crippen molar-refractivity contribution in [3.05, 3.63) is 90.0 Å². The second-order valence-corrected chi connectivity index (χ2v) is 6.98. The fourth-order valence-corrected chi connectivity index (χ4v) is 3.27. The molecule has 5 nitrogen and oxygen atoms in total. The first-order chi connectivity index (χ1) is 14.3. The van der Waals surface area contributed by atoms with Gasteiger partial charge in [0.05, 0.1) is 13.2 Å². The summed E-state index contributed by atoms with van der Waals surface area (Å²) in [5.41, 5.74) is 2.56. The highest BCUT2D eigenvalue weighted by Crippen LogP contribution is 2.22. The van der Waals surface area contributed by atoms with Crippen molar-refractivity contribution in [2.75, 3.05) is 31.6 Å². The summed E-state index contributed by atoms with van der Waals surface area (Å²) in [6, 6.07) is 24.7. The van der Waals surface area contributed by atoms with E-state index in [1.165, 1.54) is 5.56 Å². The van der Waals surface area contributed by atoms with Crippen LogP contribution >= 0.6 is 0 Å². The van der Waals surface area contributed by atoms with Crippen LogP contribution in [0.1, 0.15) is 15.9 Å². The van der Waals surface area contributed by atoms with Crippen LogP contribution in [0.3, 0.4) is 0 Å². The number of rotatable bonds is 6. The Morgan fingerprint density at radius 3 is 2.38 bits per heavy atom. The quantitative estimate of drug-likeness (QED) is 0.672. The molecule has 1 aliphatic heterocycles. The van der Waals surface area contributed by atoms with E-state index in [1.807, 2.05) is 48.5 Å². The van der Waals surface area contributed by atoms with Crippen molar-refractivity contribution in [3.8, 4) is 11.5 Å². The second-order valence-electron chi connectivity index (χ2n) is 6.98. The molecule has 3 aromatic rings. The average Bonchev–Trinajstić information content (AvgIpc) is 2.76. The molecular weight excluding hydrogens is 364 g/mol. The van der Waals surface area contributed by atoms with Crippen molar-refractivity contribution >= 4 is 11.6 Å². The van der Waals surface area contributed by atoms with Gasteiger partial charge in [0, 0.05) is 30.9 Å². The Bertz CT molecular complexity index is 936. The number of anilines is 1. The van der Waals surface area contributed by atoms with E-state index in [9.17, 15) is 4.79 Å². The van der Waals surface area contributed by atoms with Gasteiger partial charge in [-0.2, -0.15) is 0 Å². The molecule has 0 aliphatic carbocycles. The van der Waals surface area contributed by atoms with Gasteiger partial charge in [-0.3, -0.25) is 9.69 Å². The van der Waals surface area contributed by atoms with E-state index in [0.717, 1.165) is 44.3 Å². The molecule has 1 aliphatic rings. The molecule has 29 heavy (non-hydrogen) atoms. The van der Waals surface area contributed by atoms with Gasteiger partial charge in [-0.1, -0.05) is 30.3 Å². The lowest BCUT2D eigenvalue weighted by molar-refractivity contribution is 0.0342. The van der Waals surface area contributed by atoms with Crippen molar-refractivity contribution < 1.29 is 14.3 Å². The van der Waals surface area contributed by atoms with E-state index < -0.39 is 0 Å². The van der Waals surface area contributed by atoms with Crippen LogP contribution in [0.4, 0.5) is 5.69 Å². The zero-order valence-corrected chi connectivity index (χ0v) is 16.2. The number of hydrogen-bond donors (Lipinski definition) is 1. The van der Waals surface area contributed by atoms with Gasteiger partial charge in [0.1, 0.15) is 11.5 Å². The Morgan fingerprint density at radius 2 is 1.62 bits per heavy atom. The van der Waals surface area contributed by atoms with Gasteiger partial charge < -0.3 is 14.8 Å².